The fraction of sp³-hybridized carbons (Fsp3) is 0.400. The van der Waals surface area contributed by atoms with Crippen molar-refractivity contribution in [1.82, 2.24) is 0 Å². The largest absolute Gasteiger partial charge is 0.483 e. The maximum absolute atomic E-state index is 12.8. The molecule has 26 heavy (non-hydrogen) atoms. The third-order valence-electron chi connectivity index (χ3n) is 2.80. The van der Waals surface area contributed by atoms with E-state index in [-0.39, 0.29) is 0 Å². The maximum Gasteiger partial charge on any atom is 0.483 e. The molecule has 0 spiro atoms. The van der Waals surface area contributed by atoms with Crippen LogP contribution < -0.4 is 0 Å². The van der Waals surface area contributed by atoms with Gasteiger partial charge in [0.15, 0.2) is 0 Å². The fourth-order valence-electron chi connectivity index (χ4n) is 1.41. The normalized spacial score (nSPS) is 20.4. The van der Waals surface area contributed by atoms with E-state index in [1.54, 1.807) is 0 Å². The lowest BCUT2D eigenvalue weighted by molar-refractivity contribution is -0.206. The molecule has 11 heteroatoms. The topological polar surface area (TPSA) is 157 Å². The van der Waals surface area contributed by atoms with Gasteiger partial charge in [0, 0.05) is 0 Å². The summed E-state index contributed by atoms with van der Waals surface area (Å²) in [5, 5.41) is 29.9. The van der Waals surface area contributed by atoms with Crippen molar-refractivity contribution in [3.05, 3.63) is 38.0 Å². The van der Waals surface area contributed by atoms with Crippen LogP contribution in [0.2, 0.25) is 0 Å². The zero-order valence-corrected chi connectivity index (χ0v) is 15.4. The summed E-state index contributed by atoms with van der Waals surface area (Å²) in [4.78, 5) is 34.8. The van der Waals surface area contributed by atoms with Gasteiger partial charge in [0.05, 0.1) is 0 Å². The SMILES string of the molecule is C=CC(=O)C(C)(O)OP(=O)(OC(C)(O)C(=O)C=C)OC(C)(O)C(=O)C=C. The molecule has 0 amide bonds. The Labute approximate surface area is 150 Å². The van der Waals surface area contributed by atoms with Crippen molar-refractivity contribution in [2.24, 2.45) is 0 Å². The second kappa shape index (κ2) is 8.28. The molecule has 0 aromatic heterocycles. The minimum Gasteiger partial charge on any atom is -0.359 e. The predicted octanol–water partition coefficient (Wildman–Crippen LogP) is 0.535. The monoisotopic (exact) mass is 392 g/mol. The number of carbonyl (C=O) groups is 3. The first-order valence-corrected chi connectivity index (χ1v) is 8.43. The molecule has 0 bridgehead atoms. The van der Waals surface area contributed by atoms with Gasteiger partial charge in [-0.1, -0.05) is 19.7 Å². The number of rotatable bonds is 12. The lowest BCUT2D eigenvalue weighted by Crippen LogP contribution is -2.43. The summed E-state index contributed by atoms with van der Waals surface area (Å²) >= 11 is 0. The summed E-state index contributed by atoms with van der Waals surface area (Å²) in [6, 6.07) is 0. The van der Waals surface area contributed by atoms with Crippen molar-refractivity contribution in [1.29, 1.82) is 0 Å². The second-order valence-electron chi connectivity index (χ2n) is 5.37. The van der Waals surface area contributed by atoms with Crippen molar-refractivity contribution >= 4 is 25.2 Å². The number of phosphoric acid groups is 1. The van der Waals surface area contributed by atoms with Crippen LogP contribution in [0.3, 0.4) is 0 Å². The van der Waals surface area contributed by atoms with Gasteiger partial charge in [0.25, 0.3) is 0 Å². The Hall–Kier alpha value is -1.78. The van der Waals surface area contributed by atoms with Crippen molar-refractivity contribution in [3.8, 4) is 0 Å². The molecule has 0 aliphatic carbocycles. The van der Waals surface area contributed by atoms with Gasteiger partial charge in [-0.25, -0.2) is 18.1 Å². The Morgan fingerprint density at radius 3 is 1.08 bits per heavy atom. The van der Waals surface area contributed by atoms with Gasteiger partial charge in [-0.3, -0.25) is 14.4 Å². The van der Waals surface area contributed by atoms with Crippen molar-refractivity contribution in [3.63, 3.8) is 0 Å². The number of phosphoric ester groups is 1. The van der Waals surface area contributed by atoms with Crippen molar-refractivity contribution in [2.45, 2.75) is 38.1 Å². The molecule has 0 saturated heterocycles. The third-order valence-corrected chi connectivity index (χ3v) is 4.53. The molecule has 0 aromatic carbocycles. The van der Waals surface area contributed by atoms with E-state index >= 15 is 0 Å². The highest BCUT2D eigenvalue weighted by atomic mass is 31.2. The summed E-state index contributed by atoms with van der Waals surface area (Å²) < 4.78 is 26.6. The maximum atomic E-state index is 12.8. The van der Waals surface area contributed by atoms with Crippen LogP contribution in [0.1, 0.15) is 20.8 Å². The molecular weight excluding hydrogens is 371 g/mol. The summed E-state index contributed by atoms with van der Waals surface area (Å²) in [6.07, 6.45) is 1.85. The Morgan fingerprint density at radius 2 is 0.923 bits per heavy atom. The molecule has 0 aromatic rings. The molecule has 3 atom stereocenters. The van der Waals surface area contributed by atoms with E-state index in [1.165, 1.54) is 0 Å². The smallest absolute Gasteiger partial charge is 0.359 e. The van der Waals surface area contributed by atoms with Crippen LogP contribution in [0.15, 0.2) is 38.0 Å². The standard InChI is InChI=1S/C15H21O10P/c1-7-10(16)13(4,19)23-26(22,24-14(5,20)11(17)8-2)25-15(6,21)12(18)9-3/h7-9,19-21H,1-3H2,4-6H3. The van der Waals surface area contributed by atoms with E-state index in [0.717, 1.165) is 20.8 Å². The van der Waals surface area contributed by atoms with Gasteiger partial charge in [-0.05, 0) is 39.0 Å². The molecule has 0 rings (SSSR count). The molecule has 0 radical (unpaired) electrons. The van der Waals surface area contributed by atoms with E-state index in [4.69, 9.17) is 0 Å². The average molecular weight is 392 g/mol. The van der Waals surface area contributed by atoms with Crippen LogP contribution >= 0.6 is 7.82 Å². The molecule has 0 aliphatic rings. The number of aliphatic hydroxyl groups is 3. The number of ketones is 3. The Balaban J connectivity index is 6.06. The first-order chi connectivity index (χ1) is 11.6. The van der Waals surface area contributed by atoms with Gasteiger partial charge in [0.1, 0.15) is 0 Å². The Morgan fingerprint density at radius 1 is 0.731 bits per heavy atom. The molecule has 0 aliphatic heterocycles. The Bertz CT molecular complexity index is 584. The van der Waals surface area contributed by atoms with Gasteiger partial charge < -0.3 is 15.3 Å². The third kappa shape index (κ3) is 6.19. The molecule has 0 heterocycles. The quantitative estimate of drug-likeness (QED) is 0.243. The molecule has 10 nitrogen and oxygen atoms in total. The second-order valence-corrected chi connectivity index (χ2v) is 6.82. The lowest BCUT2D eigenvalue weighted by Gasteiger charge is -2.33. The van der Waals surface area contributed by atoms with Gasteiger partial charge in [-0.2, -0.15) is 0 Å². The highest BCUT2D eigenvalue weighted by Gasteiger charge is 2.51. The van der Waals surface area contributed by atoms with Crippen LogP contribution in [0.4, 0.5) is 0 Å². The van der Waals surface area contributed by atoms with Gasteiger partial charge in [-0.15, -0.1) is 0 Å². The zero-order valence-electron chi connectivity index (χ0n) is 14.5. The number of hydrogen-bond acceptors (Lipinski definition) is 10. The van der Waals surface area contributed by atoms with Gasteiger partial charge >= 0.3 is 7.82 Å². The average Bonchev–Trinajstić information content (AvgIpc) is 2.49. The fourth-order valence-corrected chi connectivity index (χ4v) is 3.10. The van der Waals surface area contributed by atoms with Crippen LogP contribution in [0, 0.1) is 0 Å². The van der Waals surface area contributed by atoms with E-state index in [9.17, 15) is 34.3 Å². The molecular formula is C15H21O10P. The van der Waals surface area contributed by atoms with Crippen LogP contribution in [0.25, 0.3) is 0 Å². The summed E-state index contributed by atoms with van der Waals surface area (Å²) in [5.41, 5.74) is 0. The van der Waals surface area contributed by atoms with Crippen LogP contribution in [0.5, 0.6) is 0 Å². The highest BCUT2D eigenvalue weighted by molar-refractivity contribution is 7.48. The van der Waals surface area contributed by atoms with Crippen molar-refractivity contribution < 1.29 is 47.8 Å². The van der Waals surface area contributed by atoms with Crippen molar-refractivity contribution in [2.75, 3.05) is 0 Å². The first kappa shape index (κ1) is 24.2. The minimum absolute atomic E-state index is 0.615. The van der Waals surface area contributed by atoms with E-state index < -0.39 is 42.5 Å². The van der Waals surface area contributed by atoms with E-state index in [0.29, 0.717) is 18.2 Å². The summed E-state index contributed by atoms with van der Waals surface area (Å²) in [7, 11) is -5.34. The molecule has 146 valence electrons. The zero-order chi connectivity index (χ0) is 21.0. The predicted molar refractivity (Wildman–Crippen MR) is 88.3 cm³/mol. The lowest BCUT2D eigenvalue weighted by atomic mass is 10.2. The van der Waals surface area contributed by atoms with E-state index in [2.05, 4.69) is 33.3 Å². The minimum atomic E-state index is -5.34. The van der Waals surface area contributed by atoms with Crippen LogP contribution in [-0.4, -0.2) is 50.0 Å². The number of carbonyl (C=O) groups excluding carboxylic acids is 3. The molecule has 3 unspecified atom stereocenters. The molecule has 0 saturated carbocycles. The number of hydrogen-bond donors (Lipinski definition) is 3. The first-order valence-electron chi connectivity index (χ1n) is 6.97. The van der Waals surface area contributed by atoms with E-state index in [1.807, 2.05) is 0 Å². The summed E-state index contributed by atoms with van der Waals surface area (Å²) in [6.45, 7) is 11.5. The molecule has 0 fully saturated rings. The highest BCUT2D eigenvalue weighted by Crippen LogP contribution is 2.57. The molecule has 3 N–H and O–H groups in total. The van der Waals surface area contributed by atoms with Gasteiger partial charge in [0.2, 0.25) is 34.7 Å². The van der Waals surface area contributed by atoms with Crippen LogP contribution in [-0.2, 0) is 32.5 Å². The summed E-state index contributed by atoms with van der Waals surface area (Å²) in [5.74, 6) is -12.2. The Kier molecular flexibility index (Phi) is 7.71.